The van der Waals surface area contributed by atoms with Gasteiger partial charge < -0.3 is 5.11 Å². The number of aryl methyl sites for hydroxylation is 1. The second kappa shape index (κ2) is 5.64. The zero-order valence-electron chi connectivity index (χ0n) is 12.4. The molecule has 3 rings (SSSR count). The smallest absolute Gasteiger partial charge is 0.265 e. The van der Waals surface area contributed by atoms with Crippen molar-refractivity contribution >= 4 is 15.7 Å². The highest BCUT2D eigenvalue weighted by atomic mass is 32.2. The number of aromatic hydroxyl groups is 1. The van der Waals surface area contributed by atoms with Crippen LogP contribution in [-0.4, -0.2) is 23.3 Å². The Morgan fingerprint density at radius 2 is 2.05 bits per heavy atom. The van der Waals surface area contributed by atoms with E-state index in [0.29, 0.717) is 17.4 Å². The molecule has 2 N–H and O–H groups in total. The molecule has 1 aromatic heterocycles. The fourth-order valence-corrected chi connectivity index (χ4v) is 4.09. The molecule has 0 bridgehead atoms. The average molecular weight is 321 g/mol. The highest BCUT2D eigenvalue weighted by Gasteiger charge is 2.24. The van der Waals surface area contributed by atoms with Gasteiger partial charge in [0.1, 0.15) is 10.6 Å². The van der Waals surface area contributed by atoms with Gasteiger partial charge in [-0.3, -0.25) is 9.40 Å². The predicted molar refractivity (Wildman–Crippen MR) is 83.4 cm³/mol. The largest absolute Gasteiger partial charge is 0.508 e. The van der Waals surface area contributed by atoms with E-state index in [0.717, 1.165) is 25.7 Å². The van der Waals surface area contributed by atoms with Crippen LogP contribution in [0, 0.1) is 6.92 Å². The van der Waals surface area contributed by atoms with Gasteiger partial charge in [0.05, 0.1) is 17.4 Å². The number of phenolic OH excluding ortho intramolecular Hbond substituents is 1. The van der Waals surface area contributed by atoms with E-state index in [4.69, 9.17) is 0 Å². The van der Waals surface area contributed by atoms with Crippen LogP contribution in [0.5, 0.6) is 5.75 Å². The Morgan fingerprint density at radius 3 is 2.73 bits per heavy atom. The number of sulfonamides is 1. The molecule has 0 radical (unpaired) electrons. The van der Waals surface area contributed by atoms with E-state index in [-0.39, 0.29) is 10.6 Å². The van der Waals surface area contributed by atoms with Crippen molar-refractivity contribution in [3.63, 3.8) is 0 Å². The molecule has 118 valence electrons. The van der Waals surface area contributed by atoms with Gasteiger partial charge in [-0.05, 0) is 31.9 Å². The second-order valence-corrected chi connectivity index (χ2v) is 7.30. The first-order valence-electron chi connectivity index (χ1n) is 7.33. The maximum atomic E-state index is 12.5. The topological polar surface area (TPSA) is 84.2 Å². The highest BCUT2D eigenvalue weighted by Crippen LogP contribution is 2.30. The standard InChI is InChI=1S/C15H19N3O3S/c1-11-15(10-18(16-11)13-6-2-3-7-13)22(20,21)17-12-5-4-8-14(19)9-12/h4-5,8-10,13,17,19H,2-3,6-7H2,1H3. The number of anilines is 1. The third-order valence-corrected chi connectivity index (χ3v) is 5.44. The van der Waals surface area contributed by atoms with Crippen LogP contribution < -0.4 is 4.72 Å². The molecular formula is C15H19N3O3S. The number of benzene rings is 1. The summed E-state index contributed by atoms with van der Waals surface area (Å²) in [7, 11) is -3.71. The Labute approximate surface area is 129 Å². The van der Waals surface area contributed by atoms with Crippen LogP contribution in [-0.2, 0) is 10.0 Å². The highest BCUT2D eigenvalue weighted by molar-refractivity contribution is 7.92. The lowest BCUT2D eigenvalue weighted by Gasteiger charge is -2.09. The Balaban J connectivity index is 1.88. The summed E-state index contributed by atoms with van der Waals surface area (Å²) in [6, 6.07) is 6.33. The van der Waals surface area contributed by atoms with Crippen molar-refractivity contribution in [1.82, 2.24) is 9.78 Å². The lowest BCUT2D eigenvalue weighted by Crippen LogP contribution is -2.13. The third-order valence-electron chi connectivity index (χ3n) is 3.96. The normalized spacial score (nSPS) is 16.0. The number of aromatic nitrogens is 2. The lowest BCUT2D eigenvalue weighted by atomic mass is 10.3. The summed E-state index contributed by atoms with van der Waals surface area (Å²) in [4.78, 5) is 0.183. The summed E-state index contributed by atoms with van der Waals surface area (Å²) in [6.45, 7) is 1.70. The summed E-state index contributed by atoms with van der Waals surface area (Å²) >= 11 is 0. The van der Waals surface area contributed by atoms with Crippen molar-refractivity contribution in [3.05, 3.63) is 36.2 Å². The summed E-state index contributed by atoms with van der Waals surface area (Å²) in [5.74, 6) is 0.0126. The molecule has 7 heteroatoms. The fourth-order valence-electron chi connectivity index (χ4n) is 2.86. The lowest BCUT2D eigenvalue weighted by molar-refractivity contribution is 0.464. The van der Waals surface area contributed by atoms with Crippen LogP contribution in [0.25, 0.3) is 0 Å². The van der Waals surface area contributed by atoms with Crippen LogP contribution >= 0.6 is 0 Å². The molecule has 0 unspecified atom stereocenters. The SMILES string of the molecule is Cc1nn(C2CCCC2)cc1S(=O)(=O)Nc1cccc(O)c1. The Kier molecular flexibility index (Phi) is 3.82. The van der Waals surface area contributed by atoms with Crippen LogP contribution in [0.3, 0.4) is 0 Å². The number of phenols is 1. The Bertz CT molecular complexity index is 777. The predicted octanol–water partition coefficient (Wildman–Crippen LogP) is 2.81. The van der Waals surface area contributed by atoms with Gasteiger partial charge in [-0.1, -0.05) is 18.9 Å². The zero-order valence-corrected chi connectivity index (χ0v) is 13.2. The molecule has 0 amide bonds. The molecule has 0 spiro atoms. The molecule has 1 fully saturated rings. The second-order valence-electron chi connectivity index (χ2n) is 5.65. The number of rotatable bonds is 4. The molecule has 1 aliphatic rings. The van der Waals surface area contributed by atoms with Crippen molar-refractivity contribution in [2.75, 3.05) is 4.72 Å². The monoisotopic (exact) mass is 321 g/mol. The molecule has 0 atom stereocenters. The first-order chi connectivity index (χ1) is 10.5. The van der Waals surface area contributed by atoms with Gasteiger partial charge in [-0.25, -0.2) is 8.42 Å². The van der Waals surface area contributed by atoms with E-state index in [1.54, 1.807) is 29.9 Å². The van der Waals surface area contributed by atoms with Gasteiger partial charge in [-0.2, -0.15) is 5.10 Å². The van der Waals surface area contributed by atoms with Crippen LogP contribution in [0.15, 0.2) is 35.4 Å². The van der Waals surface area contributed by atoms with Crippen molar-refractivity contribution in [2.24, 2.45) is 0 Å². The minimum atomic E-state index is -3.71. The van der Waals surface area contributed by atoms with Gasteiger partial charge >= 0.3 is 0 Å². The maximum absolute atomic E-state index is 12.5. The van der Waals surface area contributed by atoms with Crippen molar-refractivity contribution in [2.45, 2.75) is 43.5 Å². The van der Waals surface area contributed by atoms with E-state index >= 15 is 0 Å². The summed E-state index contributed by atoms with van der Waals surface area (Å²) < 4.78 is 29.3. The molecule has 0 saturated heterocycles. The molecule has 22 heavy (non-hydrogen) atoms. The first kappa shape index (κ1) is 14.9. The number of hydrogen-bond acceptors (Lipinski definition) is 4. The third kappa shape index (κ3) is 2.94. The molecule has 0 aliphatic heterocycles. The fraction of sp³-hybridized carbons (Fsp3) is 0.400. The average Bonchev–Trinajstić information content (AvgIpc) is 3.07. The van der Waals surface area contributed by atoms with Crippen LogP contribution in [0.1, 0.15) is 37.4 Å². The quantitative estimate of drug-likeness (QED) is 0.907. The van der Waals surface area contributed by atoms with E-state index < -0.39 is 10.0 Å². The van der Waals surface area contributed by atoms with Crippen molar-refractivity contribution in [3.8, 4) is 5.75 Å². The Hall–Kier alpha value is -2.02. The van der Waals surface area contributed by atoms with Gasteiger partial charge in [-0.15, -0.1) is 0 Å². The summed E-state index contributed by atoms with van der Waals surface area (Å²) in [5, 5.41) is 13.8. The van der Waals surface area contributed by atoms with Crippen molar-refractivity contribution in [1.29, 1.82) is 0 Å². The van der Waals surface area contributed by atoms with Crippen molar-refractivity contribution < 1.29 is 13.5 Å². The van der Waals surface area contributed by atoms with E-state index in [9.17, 15) is 13.5 Å². The maximum Gasteiger partial charge on any atom is 0.265 e. The number of hydrogen-bond donors (Lipinski definition) is 2. The Morgan fingerprint density at radius 1 is 1.32 bits per heavy atom. The van der Waals surface area contributed by atoms with Gasteiger partial charge in [0.25, 0.3) is 10.0 Å². The van der Waals surface area contributed by atoms with Gasteiger partial charge in [0, 0.05) is 12.3 Å². The molecule has 1 aromatic carbocycles. The minimum Gasteiger partial charge on any atom is -0.508 e. The van der Waals surface area contributed by atoms with Gasteiger partial charge in [0.15, 0.2) is 0 Å². The van der Waals surface area contributed by atoms with Crippen LogP contribution in [0.2, 0.25) is 0 Å². The van der Waals surface area contributed by atoms with Crippen LogP contribution in [0.4, 0.5) is 5.69 Å². The molecule has 2 aromatic rings. The van der Waals surface area contributed by atoms with Gasteiger partial charge in [0.2, 0.25) is 0 Å². The van der Waals surface area contributed by atoms with E-state index in [2.05, 4.69) is 9.82 Å². The molecular weight excluding hydrogens is 302 g/mol. The number of nitrogens with zero attached hydrogens (tertiary/aromatic N) is 2. The minimum absolute atomic E-state index is 0.0126. The molecule has 1 aliphatic carbocycles. The summed E-state index contributed by atoms with van der Waals surface area (Å²) in [5.41, 5.74) is 0.813. The zero-order chi connectivity index (χ0) is 15.7. The summed E-state index contributed by atoms with van der Waals surface area (Å²) in [6.07, 6.45) is 6.01. The molecule has 1 heterocycles. The first-order valence-corrected chi connectivity index (χ1v) is 8.81. The number of nitrogens with one attached hydrogen (secondary N) is 1. The van der Waals surface area contributed by atoms with E-state index in [1.807, 2.05) is 0 Å². The van der Waals surface area contributed by atoms with E-state index in [1.165, 1.54) is 12.1 Å². The molecule has 1 saturated carbocycles. The molecule has 6 nitrogen and oxygen atoms in total.